The number of aliphatic hydroxyl groups excluding tert-OH is 1. The van der Waals surface area contributed by atoms with Crippen molar-refractivity contribution in [3.05, 3.63) is 0 Å². The van der Waals surface area contributed by atoms with Gasteiger partial charge in [0.2, 0.25) is 0 Å². The maximum Gasteiger partial charge on any atom is 0.407 e. The van der Waals surface area contributed by atoms with E-state index in [1.165, 1.54) is 4.90 Å². The number of hydrogen-bond donors (Lipinski definition) is 3. The minimum atomic E-state index is -0.912. The Balaban J connectivity index is 0.00000121. The first-order valence-electron chi connectivity index (χ1n) is 3.56. The smallest absolute Gasteiger partial charge is 0.407 e. The molecule has 6 heteroatoms. The van der Waals surface area contributed by atoms with Crippen LogP contribution in [0.4, 0.5) is 4.79 Å². The highest BCUT2D eigenvalue weighted by Gasteiger charge is 2.21. The van der Waals surface area contributed by atoms with Gasteiger partial charge in [0.1, 0.15) is 0 Å². The topological polar surface area (TPSA) is 72.8 Å². The van der Waals surface area contributed by atoms with Gasteiger partial charge in [0.05, 0.1) is 6.61 Å². The van der Waals surface area contributed by atoms with Crippen LogP contribution in [0.2, 0.25) is 0 Å². The van der Waals surface area contributed by atoms with Crippen molar-refractivity contribution in [2.24, 2.45) is 0 Å². The molecule has 0 aromatic heterocycles. The standard InChI is InChI=1S/C6H12N2O3.ClH/c9-4-5-3-8(6(10)11)2-1-7-5;/h5,7,9H,1-4H2,(H,10,11);1H. The molecule has 1 unspecified atom stereocenters. The average molecular weight is 197 g/mol. The molecule has 0 aliphatic carbocycles. The van der Waals surface area contributed by atoms with Crippen LogP contribution in [0.1, 0.15) is 0 Å². The summed E-state index contributed by atoms with van der Waals surface area (Å²) >= 11 is 0. The molecule has 0 spiro atoms. The fraction of sp³-hybridized carbons (Fsp3) is 0.833. The number of nitrogens with one attached hydrogen (secondary N) is 1. The van der Waals surface area contributed by atoms with E-state index < -0.39 is 6.09 Å². The predicted octanol–water partition coefficient (Wildman–Crippen LogP) is -0.648. The number of aliphatic hydroxyl groups is 1. The van der Waals surface area contributed by atoms with Crippen LogP contribution in [0.15, 0.2) is 0 Å². The lowest BCUT2D eigenvalue weighted by molar-refractivity contribution is 0.115. The lowest BCUT2D eigenvalue weighted by Gasteiger charge is -2.30. The van der Waals surface area contributed by atoms with Gasteiger partial charge in [-0.15, -0.1) is 12.4 Å². The molecule has 0 bridgehead atoms. The zero-order chi connectivity index (χ0) is 8.27. The predicted molar refractivity (Wildman–Crippen MR) is 45.7 cm³/mol. The molecule has 0 aromatic rings. The van der Waals surface area contributed by atoms with E-state index in [1.807, 2.05) is 0 Å². The number of carboxylic acid groups (broad SMARTS) is 1. The van der Waals surface area contributed by atoms with Gasteiger partial charge in [-0.3, -0.25) is 0 Å². The molecule has 72 valence electrons. The van der Waals surface area contributed by atoms with Gasteiger partial charge in [-0.1, -0.05) is 0 Å². The van der Waals surface area contributed by atoms with Crippen molar-refractivity contribution >= 4 is 18.5 Å². The minimum absolute atomic E-state index is 0. The summed E-state index contributed by atoms with van der Waals surface area (Å²) in [6.07, 6.45) is -0.912. The molecular formula is C6H13ClN2O3. The summed E-state index contributed by atoms with van der Waals surface area (Å²) in [5.74, 6) is 0. The molecular weight excluding hydrogens is 184 g/mol. The van der Waals surface area contributed by atoms with Gasteiger partial charge in [-0.2, -0.15) is 0 Å². The molecule has 5 nitrogen and oxygen atoms in total. The number of rotatable bonds is 1. The van der Waals surface area contributed by atoms with Crippen molar-refractivity contribution < 1.29 is 15.0 Å². The van der Waals surface area contributed by atoms with Gasteiger partial charge in [0.25, 0.3) is 0 Å². The molecule has 1 atom stereocenters. The number of carbonyl (C=O) groups is 1. The van der Waals surface area contributed by atoms with Crippen molar-refractivity contribution in [1.29, 1.82) is 0 Å². The molecule has 1 fully saturated rings. The van der Waals surface area contributed by atoms with E-state index in [1.54, 1.807) is 0 Å². The van der Waals surface area contributed by atoms with E-state index in [9.17, 15) is 4.79 Å². The van der Waals surface area contributed by atoms with Crippen LogP contribution >= 0.6 is 12.4 Å². The van der Waals surface area contributed by atoms with Crippen molar-refractivity contribution in [2.45, 2.75) is 6.04 Å². The van der Waals surface area contributed by atoms with Crippen LogP contribution in [0.25, 0.3) is 0 Å². The van der Waals surface area contributed by atoms with Crippen LogP contribution in [-0.2, 0) is 0 Å². The highest BCUT2D eigenvalue weighted by atomic mass is 35.5. The third kappa shape index (κ3) is 2.84. The van der Waals surface area contributed by atoms with Crippen LogP contribution in [0.5, 0.6) is 0 Å². The summed E-state index contributed by atoms with van der Waals surface area (Å²) in [5.41, 5.74) is 0. The summed E-state index contributed by atoms with van der Waals surface area (Å²) in [7, 11) is 0. The third-order valence-corrected chi connectivity index (χ3v) is 1.75. The van der Waals surface area contributed by atoms with Crippen LogP contribution in [0.3, 0.4) is 0 Å². The van der Waals surface area contributed by atoms with Crippen LogP contribution in [0, 0.1) is 0 Å². The van der Waals surface area contributed by atoms with Gasteiger partial charge < -0.3 is 20.4 Å². The molecule has 1 heterocycles. The van der Waals surface area contributed by atoms with E-state index in [0.717, 1.165) is 0 Å². The lowest BCUT2D eigenvalue weighted by Crippen LogP contribution is -2.53. The molecule has 1 amide bonds. The summed E-state index contributed by atoms with van der Waals surface area (Å²) in [6.45, 7) is 1.50. The largest absolute Gasteiger partial charge is 0.465 e. The molecule has 1 rings (SSSR count). The fourth-order valence-electron chi connectivity index (χ4n) is 1.12. The van der Waals surface area contributed by atoms with E-state index >= 15 is 0 Å². The normalized spacial score (nSPS) is 23.1. The first kappa shape index (κ1) is 11.5. The van der Waals surface area contributed by atoms with Gasteiger partial charge in [-0.05, 0) is 0 Å². The van der Waals surface area contributed by atoms with Crippen molar-refractivity contribution in [2.75, 3.05) is 26.2 Å². The molecule has 1 aliphatic rings. The van der Waals surface area contributed by atoms with Gasteiger partial charge in [0, 0.05) is 25.7 Å². The van der Waals surface area contributed by atoms with E-state index in [2.05, 4.69) is 5.32 Å². The third-order valence-electron chi connectivity index (χ3n) is 1.75. The second-order valence-electron chi connectivity index (χ2n) is 2.56. The maximum atomic E-state index is 10.4. The second kappa shape index (κ2) is 5.18. The number of piperazine rings is 1. The first-order chi connectivity index (χ1) is 5.24. The molecule has 1 aliphatic heterocycles. The van der Waals surface area contributed by atoms with E-state index in [0.29, 0.717) is 19.6 Å². The van der Waals surface area contributed by atoms with Gasteiger partial charge in [0.15, 0.2) is 0 Å². The highest BCUT2D eigenvalue weighted by Crippen LogP contribution is 1.97. The number of hydrogen-bond acceptors (Lipinski definition) is 3. The second-order valence-corrected chi connectivity index (χ2v) is 2.56. The van der Waals surface area contributed by atoms with Crippen molar-refractivity contribution in [3.8, 4) is 0 Å². The SMILES string of the molecule is Cl.O=C(O)N1CCNC(CO)C1. The fourth-order valence-corrected chi connectivity index (χ4v) is 1.12. The first-order valence-corrected chi connectivity index (χ1v) is 3.56. The molecule has 12 heavy (non-hydrogen) atoms. The Morgan fingerprint density at radius 3 is 2.83 bits per heavy atom. The Morgan fingerprint density at radius 2 is 2.33 bits per heavy atom. The van der Waals surface area contributed by atoms with Gasteiger partial charge in [-0.25, -0.2) is 4.79 Å². The van der Waals surface area contributed by atoms with Crippen LogP contribution < -0.4 is 5.32 Å². The Labute approximate surface area is 76.8 Å². The number of amides is 1. The monoisotopic (exact) mass is 196 g/mol. The Bertz CT molecular complexity index is 156. The van der Waals surface area contributed by atoms with Crippen molar-refractivity contribution in [3.63, 3.8) is 0 Å². The van der Waals surface area contributed by atoms with E-state index in [4.69, 9.17) is 10.2 Å². The van der Waals surface area contributed by atoms with Crippen LogP contribution in [-0.4, -0.2) is 53.5 Å². The molecule has 1 saturated heterocycles. The molecule has 3 N–H and O–H groups in total. The summed E-state index contributed by atoms with van der Waals surface area (Å²) in [5, 5.41) is 20.3. The lowest BCUT2D eigenvalue weighted by atomic mass is 10.2. The Hall–Kier alpha value is -0.520. The molecule has 0 radical (unpaired) electrons. The Morgan fingerprint density at radius 1 is 1.67 bits per heavy atom. The zero-order valence-corrected chi connectivity index (χ0v) is 7.38. The zero-order valence-electron chi connectivity index (χ0n) is 6.56. The minimum Gasteiger partial charge on any atom is -0.465 e. The Kier molecular flexibility index (Phi) is 4.96. The average Bonchev–Trinajstić information content (AvgIpc) is 2.05. The number of halogens is 1. The highest BCUT2D eigenvalue weighted by molar-refractivity contribution is 5.85. The van der Waals surface area contributed by atoms with E-state index in [-0.39, 0.29) is 25.1 Å². The number of nitrogens with zero attached hydrogens (tertiary/aromatic N) is 1. The van der Waals surface area contributed by atoms with Gasteiger partial charge >= 0.3 is 6.09 Å². The molecule has 0 aromatic carbocycles. The quantitative estimate of drug-likeness (QED) is 0.521. The molecule has 0 saturated carbocycles. The summed E-state index contributed by atoms with van der Waals surface area (Å²) in [6, 6.07) is -0.0974. The summed E-state index contributed by atoms with van der Waals surface area (Å²) in [4.78, 5) is 11.7. The maximum absolute atomic E-state index is 10.4. The summed E-state index contributed by atoms with van der Waals surface area (Å²) < 4.78 is 0. The van der Waals surface area contributed by atoms with Crippen molar-refractivity contribution in [1.82, 2.24) is 10.2 Å².